The number of hydrogen-bond acceptors (Lipinski definition) is 1. The molecule has 3 heteroatoms. The van der Waals surface area contributed by atoms with Crippen molar-refractivity contribution in [1.82, 2.24) is 0 Å². The zero-order valence-electron chi connectivity index (χ0n) is 9.87. The Kier molecular flexibility index (Phi) is 3.64. The van der Waals surface area contributed by atoms with Gasteiger partial charge in [0.05, 0.1) is 12.5 Å². The van der Waals surface area contributed by atoms with E-state index in [1.165, 1.54) is 12.1 Å². The maximum Gasteiger partial charge on any atom is 0.131 e. The first-order valence-corrected chi connectivity index (χ1v) is 5.91. The van der Waals surface area contributed by atoms with E-state index in [9.17, 15) is 4.39 Å². The van der Waals surface area contributed by atoms with Gasteiger partial charge >= 0.3 is 0 Å². The molecule has 1 nitrogen and oxygen atoms in total. The van der Waals surface area contributed by atoms with Crippen molar-refractivity contribution in [2.45, 2.75) is 13.3 Å². The predicted molar refractivity (Wildman–Crippen MR) is 70.9 cm³/mol. The zero-order chi connectivity index (χ0) is 13.1. The first-order valence-electron chi connectivity index (χ1n) is 5.53. The molecular weight excluding hydrogens is 249 g/mol. The van der Waals surface area contributed by atoms with E-state index in [1.807, 2.05) is 25.1 Å². The van der Waals surface area contributed by atoms with E-state index in [2.05, 4.69) is 6.07 Å². The Hall–Kier alpha value is -1.85. The quantitative estimate of drug-likeness (QED) is 0.778. The SMILES string of the molecule is Cc1cc(CC#N)ccc1-c1cc(Cl)ccc1F. The largest absolute Gasteiger partial charge is 0.206 e. The monoisotopic (exact) mass is 259 g/mol. The van der Waals surface area contributed by atoms with Gasteiger partial charge in [-0.1, -0.05) is 29.8 Å². The molecule has 2 rings (SSSR count). The molecule has 0 spiro atoms. The molecule has 0 unspecified atom stereocenters. The normalized spacial score (nSPS) is 10.1. The summed E-state index contributed by atoms with van der Waals surface area (Å²) in [5.41, 5.74) is 3.16. The van der Waals surface area contributed by atoms with Crippen LogP contribution in [-0.4, -0.2) is 0 Å². The van der Waals surface area contributed by atoms with Gasteiger partial charge in [0.1, 0.15) is 5.82 Å². The maximum atomic E-state index is 13.8. The van der Waals surface area contributed by atoms with E-state index >= 15 is 0 Å². The van der Waals surface area contributed by atoms with Crippen molar-refractivity contribution in [1.29, 1.82) is 5.26 Å². The first-order chi connectivity index (χ1) is 8.61. The van der Waals surface area contributed by atoms with Crippen LogP contribution in [0.4, 0.5) is 4.39 Å². The van der Waals surface area contributed by atoms with Gasteiger partial charge in [-0.3, -0.25) is 0 Å². The molecule has 0 heterocycles. The van der Waals surface area contributed by atoms with E-state index in [0.717, 1.165) is 16.7 Å². The number of nitriles is 1. The number of hydrogen-bond donors (Lipinski definition) is 0. The third kappa shape index (κ3) is 2.52. The Morgan fingerprint density at radius 3 is 2.61 bits per heavy atom. The first kappa shape index (κ1) is 12.6. The molecule has 0 fully saturated rings. The fourth-order valence-corrected chi connectivity index (χ4v) is 2.11. The molecule has 2 aromatic rings. The number of rotatable bonds is 2. The summed E-state index contributed by atoms with van der Waals surface area (Å²) in [6.07, 6.45) is 0.360. The molecule has 0 radical (unpaired) electrons. The van der Waals surface area contributed by atoms with Gasteiger partial charge in [-0.25, -0.2) is 4.39 Å². The van der Waals surface area contributed by atoms with Crippen LogP contribution in [0.3, 0.4) is 0 Å². The van der Waals surface area contributed by atoms with Crippen molar-refractivity contribution >= 4 is 11.6 Å². The van der Waals surface area contributed by atoms with Crippen LogP contribution in [0.2, 0.25) is 5.02 Å². The molecule has 0 saturated carbocycles. The van der Waals surface area contributed by atoms with Crippen LogP contribution in [0.5, 0.6) is 0 Å². The van der Waals surface area contributed by atoms with Gasteiger partial charge in [-0.05, 0) is 41.8 Å². The summed E-state index contributed by atoms with van der Waals surface area (Å²) >= 11 is 5.89. The lowest BCUT2D eigenvalue weighted by Crippen LogP contribution is -1.90. The van der Waals surface area contributed by atoms with E-state index in [1.54, 1.807) is 6.07 Å². The van der Waals surface area contributed by atoms with Crippen LogP contribution in [0.25, 0.3) is 11.1 Å². The van der Waals surface area contributed by atoms with Crippen molar-refractivity contribution in [2.75, 3.05) is 0 Å². The summed E-state index contributed by atoms with van der Waals surface area (Å²) in [6.45, 7) is 1.90. The lowest BCUT2D eigenvalue weighted by molar-refractivity contribution is 0.631. The fourth-order valence-electron chi connectivity index (χ4n) is 1.93. The predicted octanol–water partition coefficient (Wildman–Crippen LogP) is 4.52. The average molecular weight is 260 g/mol. The van der Waals surface area contributed by atoms with Gasteiger partial charge < -0.3 is 0 Å². The summed E-state index contributed by atoms with van der Waals surface area (Å²) in [7, 11) is 0. The molecule has 0 aliphatic heterocycles. The Balaban J connectivity index is 2.51. The second kappa shape index (κ2) is 5.20. The van der Waals surface area contributed by atoms with Crippen LogP contribution in [0.1, 0.15) is 11.1 Å². The van der Waals surface area contributed by atoms with Crippen LogP contribution in [-0.2, 0) is 6.42 Å². The Bertz CT molecular complexity index is 629. The minimum absolute atomic E-state index is 0.296. The highest BCUT2D eigenvalue weighted by molar-refractivity contribution is 6.30. The average Bonchev–Trinajstić information content (AvgIpc) is 2.33. The van der Waals surface area contributed by atoms with Crippen molar-refractivity contribution in [3.05, 3.63) is 58.4 Å². The molecule has 0 aromatic heterocycles. The molecular formula is C15H11ClFN. The van der Waals surface area contributed by atoms with E-state index in [0.29, 0.717) is 17.0 Å². The van der Waals surface area contributed by atoms with Gasteiger partial charge in [0.15, 0.2) is 0 Å². The summed E-state index contributed by atoms with van der Waals surface area (Å²) in [4.78, 5) is 0. The van der Waals surface area contributed by atoms with Crippen molar-refractivity contribution < 1.29 is 4.39 Å². The van der Waals surface area contributed by atoms with Gasteiger partial charge in [-0.15, -0.1) is 0 Å². The van der Waals surface area contributed by atoms with Crippen molar-refractivity contribution in [2.24, 2.45) is 0 Å². The van der Waals surface area contributed by atoms with Crippen LogP contribution in [0, 0.1) is 24.1 Å². The molecule has 0 atom stereocenters. The standard InChI is InChI=1S/C15H11ClFN/c1-10-8-11(6-7-18)2-4-13(10)14-9-12(16)3-5-15(14)17/h2-5,8-9H,6H2,1H3. The highest BCUT2D eigenvalue weighted by atomic mass is 35.5. The van der Waals surface area contributed by atoms with Gasteiger partial charge in [0, 0.05) is 10.6 Å². The fraction of sp³-hybridized carbons (Fsp3) is 0.133. The Morgan fingerprint density at radius 2 is 1.94 bits per heavy atom. The molecule has 2 aromatic carbocycles. The molecule has 0 amide bonds. The third-order valence-corrected chi connectivity index (χ3v) is 3.03. The summed E-state index contributed by atoms with van der Waals surface area (Å²) in [5, 5.41) is 9.16. The van der Waals surface area contributed by atoms with E-state index < -0.39 is 0 Å². The smallest absolute Gasteiger partial charge is 0.131 e. The van der Waals surface area contributed by atoms with Crippen molar-refractivity contribution in [3.8, 4) is 17.2 Å². The molecule has 0 N–H and O–H groups in total. The summed E-state index contributed by atoms with van der Waals surface area (Å²) < 4.78 is 13.8. The van der Waals surface area contributed by atoms with Crippen LogP contribution >= 0.6 is 11.6 Å². The van der Waals surface area contributed by atoms with Gasteiger partial charge in [0.2, 0.25) is 0 Å². The van der Waals surface area contributed by atoms with Crippen LogP contribution in [0.15, 0.2) is 36.4 Å². The molecule has 0 aliphatic rings. The zero-order valence-corrected chi connectivity index (χ0v) is 10.6. The third-order valence-electron chi connectivity index (χ3n) is 2.79. The number of halogens is 2. The summed E-state index contributed by atoms with van der Waals surface area (Å²) in [6, 6.07) is 12.2. The number of aryl methyl sites for hydroxylation is 1. The minimum Gasteiger partial charge on any atom is -0.206 e. The Morgan fingerprint density at radius 1 is 1.17 bits per heavy atom. The molecule has 18 heavy (non-hydrogen) atoms. The second-order valence-electron chi connectivity index (χ2n) is 4.11. The molecule has 0 aliphatic carbocycles. The van der Waals surface area contributed by atoms with E-state index in [-0.39, 0.29) is 5.82 Å². The van der Waals surface area contributed by atoms with Crippen LogP contribution < -0.4 is 0 Å². The number of nitrogens with zero attached hydrogens (tertiary/aromatic N) is 1. The molecule has 0 saturated heterocycles. The summed E-state index contributed by atoms with van der Waals surface area (Å²) in [5.74, 6) is -0.296. The minimum atomic E-state index is -0.296. The maximum absolute atomic E-state index is 13.8. The van der Waals surface area contributed by atoms with Gasteiger partial charge in [-0.2, -0.15) is 5.26 Å². The van der Waals surface area contributed by atoms with Gasteiger partial charge in [0.25, 0.3) is 0 Å². The molecule has 90 valence electrons. The Labute approximate surface area is 110 Å². The molecule has 0 bridgehead atoms. The lowest BCUT2D eigenvalue weighted by Gasteiger charge is -2.09. The highest BCUT2D eigenvalue weighted by Gasteiger charge is 2.09. The topological polar surface area (TPSA) is 23.8 Å². The second-order valence-corrected chi connectivity index (χ2v) is 4.54. The highest BCUT2D eigenvalue weighted by Crippen LogP contribution is 2.29. The van der Waals surface area contributed by atoms with E-state index in [4.69, 9.17) is 16.9 Å². The number of benzene rings is 2. The van der Waals surface area contributed by atoms with Crippen molar-refractivity contribution in [3.63, 3.8) is 0 Å². The lowest BCUT2D eigenvalue weighted by atomic mass is 9.97.